The summed E-state index contributed by atoms with van der Waals surface area (Å²) in [5, 5.41) is 10.5. The van der Waals surface area contributed by atoms with Crippen molar-refractivity contribution in [3.05, 3.63) is 53.8 Å². The number of nitrogens with zero attached hydrogens (tertiary/aromatic N) is 3. The Morgan fingerprint density at radius 3 is 2.59 bits per heavy atom. The van der Waals surface area contributed by atoms with Crippen LogP contribution in [-0.4, -0.2) is 53.9 Å². The fraction of sp³-hybridized carbons (Fsp3) is 0.348. The van der Waals surface area contributed by atoms with Crippen molar-refractivity contribution in [2.45, 2.75) is 19.8 Å². The molecule has 4 rings (SSSR count). The van der Waals surface area contributed by atoms with Crippen LogP contribution in [0.5, 0.6) is 5.88 Å². The highest BCUT2D eigenvalue weighted by Crippen LogP contribution is 2.29. The number of aliphatic imine (C=N–C) groups is 1. The van der Waals surface area contributed by atoms with Crippen LogP contribution in [0.1, 0.15) is 25.3 Å². The molecule has 0 radical (unpaired) electrons. The summed E-state index contributed by atoms with van der Waals surface area (Å²) in [6.45, 7) is 7.70. The Bertz CT molecular complexity index is 988. The molecule has 1 fully saturated rings. The molecule has 1 aliphatic rings. The number of halogens is 1. The van der Waals surface area contributed by atoms with Gasteiger partial charge in [-0.2, -0.15) is 0 Å². The zero-order chi connectivity index (χ0) is 20.2. The molecule has 0 atom stereocenters. The van der Waals surface area contributed by atoms with E-state index in [-0.39, 0.29) is 11.7 Å². The van der Waals surface area contributed by atoms with Crippen molar-refractivity contribution in [3.8, 4) is 5.88 Å². The van der Waals surface area contributed by atoms with Gasteiger partial charge in [0.05, 0.1) is 16.8 Å². The van der Waals surface area contributed by atoms with Gasteiger partial charge in [0.15, 0.2) is 5.88 Å². The number of unbranched alkanes of at least 4 members (excludes halogenated alkanes) is 1. The lowest BCUT2D eigenvalue weighted by Gasteiger charge is -2.36. The number of hydrogen-bond donors (Lipinski definition) is 2. The van der Waals surface area contributed by atoms with E-state index in [1.807, 2.05) is 12.1 Å². The minimum absolute atomic E-state index is 0.0774. The minimum Gasteiger partial charge on any atom is -0.494 e. The number of piperazine rings is 1. The van der Waals surface area contributed by atoms with Crippen molar-refractivity contribution in [3.63, 3.8) is 0 Å². The molecule has 6 heteroatoms. The number of nitrogens with one attached hydrogen (secondary N) is 1. The SMILES string of the molecule is CCCCN1CCN(c2ccc(N=Cc3c(O)[nH]c4cccc(F)c34)cc2)CC1. The Hall–Kier alpha value is -2.86. The van der Waals surface area contributed by atoms with E-state index >= 15 is 0 Å². The van der Waals surface area contributed by atoms with E-state index in [1.54, 1.807) is 12.1 Å². The molecule has 1 aliphatic heterocycles. The molecule has 2 heterocycles. The van der Waals surface area contributed by atoms with Crippen LogP contribution in [0.2, 0.25) is 0 Å². The lowest BCUT2D eigenvalue weighted by molar-refractivity contribution is 0.254. The minimum atomic E-state index is -0.381. The van der Waals surface area contributed by atoms with E-state index in [1.165, 1.54) is 37.4 Å². The second-order valence-electron chi connectivity index (χ2n) is 7.51. The third-order valence-corrected chi connectivity index (χ3v) is 5.55. The van der Waals surface area contributed by atoms with Gasteiger partial charge in [-0.1, -0.05) is 19.4 Å². The average molecular weight is 394 g/mol. The smallest absolute Gasteiger partial charge is 0.198 e. The molecule has 152 valence electrons. The lowest BCUT2D eigenvalue weighted by atomic mass is 10.1. The van der Waals surface area contributed by atoms with E-state index in [0.717, 1.165) is 31.9 Å². The quantitative estimate of drug-likeness (QED) is 0.597. The molecular formula is C23H27FN4O. The Labute approximate surface area is 170 Å². The van der Waals surface area contributed by atoms with Crippen molar-refractivity contribution in [1.82, 2.24) is 9.88 Å². The molecule has 1 aromatic heterocycles. The number of benzene rings is 2. The summed E-state index contributed by atoms with van der Waals surface area (Å²) in [6, 6.07) is 12.8. The van der Waals surface area contributed by atoms with Gasteiger partial charge in [-0.05, 0) is 49.4 Å². The van der Waals surface area contributed by atoms with E-state index in [4.69, 9.17) is 0 Å². The Kier molecular flexibility index (Phi) is 5.81. The predicted molar refractivity (Wildman–Crippen MR) is 117 cm³/mol. The van der Waals surface area contributed by atoms with Crippen LogP contribution in [-0.2, 0) is 0 Å². The molecular weight excluding hydrogens is 367 g/mol. The molecule has 0 spiro atoms. The van der Waals surface area contributed by atoms with Crippen LogP contribution in [0.15, 0.2) is 47.5 Å². The summed E-state index contributed by atoms with van der Waals surface area (Å²) >= 11 is 0. The molecule has 0 bridgehead atoms. The van der Waals surface area contributed by atoms with Gasteiger partial charge in [0.2, 0.25) is 0 Å². The normalized spacial score (nSPS) is 15.6. The first-order valence-electron chi connectivity index (χ1n) is 10.3. The van der Waals surface area contributed by atoms with Gasteiger partial charge < -0.3 is 15.0 Å². The molecule has 5 nitrogen and oxygen atoms in total. The number of anilines is 1. The highest BCUT2D eigenvalue weighted by Gasteiger charge is 2.16. The fourth-order valence-corrected chi connectivity index (χ4v) is 3.84. The maximum atomic E-state index is 14.1. The Morgan fingerprint density at radius 1 is 1.10 bits per heavy atom. The number of fused-ring (bicyclic) bond motifs is 1. The first-order chi connectivity index (χ1) is 14.2. The zero-order valence-corrected chi connectivity index (χ0v) is 16.7. The average Bonchev–Trinajstić information content (AvgIpc) is 3.08. The summed E-state index contributed by atoms with van der Waals surface area (Å²) in [7, 11) is 0. The van der Waals surface area contributed by atoms with Crippen molar-refractivity contribution in [2.75, 3.05) is 37.6 Å². The monoisotopic (exact) mass is 394 g/mol. The highest BCUT2D eigenvalue weighted by atomic mass is 19.1. The van der Waals surface area contributed by atoms with E-state index in [0.29, 0.717) is 16.5 Å². The second-order valence-corrected chi connectivity index (χ2v) is 7.51. The van der Waals surface area contributed by atoms with E-state index in [2.05, 4.69) is 38.8 Å². The van der Waals surface area contributed by atoms with Crippen LogP contribution in [0.4, 0.5) is 15.8 Å². The summed E-state index contributed by atoms with van der Waals surface area (Å²) in [4.78, 5) is 12.2. The van der Waals surface area contributed by atoms with Gasteiger partial charge in [-0.15, -0.1) is 0 Å². The number of rotatable bonds is 6. The fourth-order valence-electron chi connectivity index (χ4n) is 3.84. The standard InChI is InChI=1S/C23H27FN4O/c1-2-3-11-27-12-14-28(15-13-27)18-9-7-17(8-10-18)25-16-19-22-20(24)5-4-6-21(22)26-23(19)29/h4-10,16,26,29H,2-3,11-15H2,1H3. The van der Waals surface area contributed by atoms with Crippen molar-refractivity contribution in [2.24, 2.45) is 4.99 Å². The third-order valence-electron chi connectivity index (χ3n) is 5.55. The predicted octanol–water partition coefficient (Wildman–Crippen LogP) is 4.69. The maximum Gasteiger partial charge on any atom is 0.198 e. The van der Waals surface area contributed by atoms with Crippen molar-refractivity contribution in [1.29, 1.82) is 0 Å². The van der Waals surface area contributed by atoms with E-state index < -0.39 is 0 Å². The summed E-state index contributed by atoms with van der Waals surface area (Å²) in [6.07, 6.45) is 4.02. The molecule has 2 N–H and O–H groups in total. The summed E-state index contributed by atoms with van der Waals surface area (Å²) < 4.78 is 14.1. The van der Waals surface area contributed by atoms with Gasteiger partial charge in [0.1, 0.15) is 5.82 Å². The maximum absolute atomic E-state index is 14.1. The summed E-state index contributed by atoms with van der Waals surface area (Å²) in [5.74, 6) is -0.458. The Balaban J connectivity index is 1.44. The molecule has 0 aliphatic carbocycles. The van der Waals surface area contributed by atoms with Crippen LogP contribution in [0, 0.1) is 5.82 Å². The largest absolute Gasteiger partial charge is 0.494 e. The Morgan fingerprint density at radius 2 is 1.86 bits per heavy atom. The van der Waals surface area contributed by atoms with Gasteiger partial charge in [0.25, 0.3) is 0 Å². The number of aromatic nitrogens is 1. The number of aromatic amines is 1. The third kappa shape index (κ3) is 4.27. The lowest BCUT2D eigenvalue weighted by Crippen LogP contribution is -2.46. The van der Waals surface area contributed by atoms with Gasteiger partial charge >= 0.3 is 0 Å². The number of H-pyrrole nitrogens is 1. The van der Waals surface area contributed by atoms with Crippen LogP contribution in [0.3, 0.4) is 0 Å². The zero-order valence-electron chi connectivity index (χ0n) is 16.7. The van der Waals surface area contributed by atoms with Crippen molar-refractivity contribution >= 4 is 28.5 Å². The molecule has 29 heavy (non-hydrogen) atoms. The molecule has 0 saturated carbocycles. The molecule has 2 aromatic carbocycles. The second kappa shape index (κ2) is 8.66. The molecule has 3 aromatic rings. The van der Waals surface area contributed by atoms with Crippen LogP contribution in [0.25, 0.3) is 10.9 Å². The van der Waals surface area contributed by atoms with Gasteiger partial charge in [-0.3, -0.25) is 9.89 Å². The molecule has 0 amide bonds. The molecule has 1 saturated heterocycles. The summed E-state index contributed by atoms with van der Waals surface area (Å²) in [5.41, 5.74) is 2.88. The molecule has 0 unspecified atom stereocenters. The van der Waals surface area contributed by atoms with Crippen LogP contribution < -0.4 is 4.90 Å². The highest BCUT2D eigenvalue weighted by molar-refractivity contribution is 6.02. The van der Waals surface area contributed by atoms with Gasteiger partial charge in [-0.25, -0.2) is 4.39 Å². The number of hydrogen-bond acceptors (Lipinski definition) is 4. The van der Waals surface area contributed by atoms with Crippen LogP contribution >= 0.6 is 0 Å². The number of aromatic hydroxyl groups is 1. The first-order valence-corrected chi connectivity index (χ1v) is 10.3. The topological polar surface area (TPSA) is 54.9 Å². The van der Waals surface area contributed by atoms with Crippen molar-refractivity contribution < 1.29 is 9.50 Å². The van der Waals surface area contributed by atoms with E-state index in [9.17, 15) is 9.50 Å². The first kappa shape index (κ1) is 19.5. The van der Waals surface area contributed by atoms with Gasteiger partial charge in [0, 0.05) is 43.5 Å².